The molecule has 1 saturated heterocycles. The lowest BCUT2D eigenvalue weighted by atomic mass is 9.92. The molecular weight excluding hydrogens is 448 g/mol. The number of benzene rings is 2. The first kappa shape index (κ1) is 23.4. The molecule has 0 radical (unpaired) electrons. The van der Waals surface area contributed by atoms with Gasteiger partial charge in [-0.1, -0.05) is 48.5 Å². The number of carboxylic acids is 1. The quantitative estimate of drug-likeness (QED) is 0.537. The maximum absolute atomic E-state index is 12.7. The number of hydrogen-bond acceptors (Lipinski definition) is 5. The smallest absolute Gasteiger partial charge is 0.407 e. The van der Waals surface area contributed by atoms with Crippen molar-refractivity contribution in [1.29, 1.82) is 0 Å². The number of aliphatic carboxylic acids is 1. The predicted octanol–water partition coefficient (Wildman–Crippen LogP) is 3.16. The zero-order valence-corrected chi connectivity index (χ0v) is 19.4. The summed E-state index contributed by atoms with van der Waals surface area (Å²) >= 11 is 0. The van der Waals surface area contributed by atoms with E-state index in [9.17, 15) is 14.4 Å². The van der Waals surface area contributed by atoms with E-state index < -0.39 is 12.1 Å². The van der Waals surface area contributed by atoms with Crippen molar-refractivity contribution in [1.82, 2.24) is 10.6 Å². The Morgan fingerprint density at radius 1 is 1.00 bits per heavy atom. The van der Waals surface area contributed by atoms with Crippen LogP contribution in [0.1, 0.15) is 36.3 Å². The van der Waals surface area contributed by atoms with Gasteiger partial charge in [0.25, 0.3) is 0 Å². The highest BCUT2D eigenvalue weighted by Crippen LogP contribution is 2.44. The van der Waals surface area contributed by atoms with Gasteiger partial charge in [0, 0.05) is 37.5 Å². The highest BCUT2D eigenvalue weighted by atomic mass is 16.5. The zero-order valence-electron chi connectivity index (χ0n) is 19.4. The summed E-state index contributed by atoms with van der Waals surface area (Å²) in [5, 5.41) is 14.8. The molecule has 1 aliphatic heterocycles. The van der Waals surface area contributed by atoms with E-state index in [0.717, 1.165) is 11.1 Å². The molecule has 2 aromatic rings. The van der Waals surface area contributed by atoms with Gasteiger partial charge in [-0.2, -0.15) is 0 Å². The molecule has 1 heterocycles. The third kappa shape index (κ3) is 5.17. The van der Waals surface area contributed by atoms with Crippen LogP contribution in [0.3, 0.4) is 0 Å². The van der Waals surface area contributed by atoms with Crippen LogP contribution in [0.5, 0.6) is 0 Å². The molecule has 8 heteroatoms. The largest absolute Gasteiger partial charge is 0.481 e. The van der Waals surface area contributed by atoms with Crippen molar-refractivity contribution in [2.45, 2.75) is 31.2 Å². The van der Waals surface area contributed by atoms with Gasteiger partial charge in [0.2, 0.25) is 5.91 Å². The van der Waals surface area contributed by atoms with E-state index in [1.54, 1.807) is 0 Å². The number of rotatable bonds is 8. The zero-order chi connectivity index (χ0) is 24.4. The first-order valence-corrected chi connectivity index (χ1v) is 12.2. The molecule has 2 fully saturated rings. The molecule has 35 heavy (non-hydrogen) atoms. The van der Waals surface area contributed by atoms with E-state index in [-0.39, 0.29) is 48.6 Å². The average molecular weight is 479 g/mol. The van der Waals surface area contributed by atoms with Crippen LogP contribution in [0.2, 0.25) is 0 Å². The minimum Gasteiger partial charge on any atom is -0.481 e. The lowest BCUT2D eigenvalue weighted by Crippen LogP contribution is -2.47. The van der Waals surface area contributed by atoms with Gasteiger partial charge in [-0.05, 0) is 41.0 Å². The van der Waals surface area contributed by atoms with Crippen molar-refractivity contribution in [3.63, 3.8) is 0 Å². The van der Waals surface area contributed by atoms with E-state index >= 15 is 0 Å². The minimum atomic E-state index is -0.808. The minimum absolute atomic E-state index is 0.00815. The van der Waals surface area contributed by atoms with Crippen LogP contribution in [0.4, 0.5) is 4.79 Å². The number of carbonyl (C=O) groups excluding carboxylic acids is 2. The fourth-order valence-corrected chi connectivity index (χ4v) is 5.31. The second kappa shape index (κ2) is 10.1. The maximum Gasteiger partial charge on any atom is 0.407 e. The van der Waals surface area contributed by atoms with Crippen molar-refractivity contribution in [2.24, 2.45) is 17.8 Å². The molecule has 4 atom stereocenters. The number of amides is 2. The standard InChI is InChI=1S/C27H30N2O6/c30-25(28-13-16-11-22(16)26(31)32)12-17-14-34-10-9-24(17)29-27(33)35-15-23-20-7-3-1-5-18(20)19-6-2-4-8-21(19)23/h1-8,16-17,22-24H,9-15H2,(H,28,30)(H,29,33)(H,31,32). The van der Waals surface area contributed by atoms with Crippen molar-refractivity contribution in [3.8, 4) is 11.1 Å². The van der Waals surface area contributed by atoms with Crippen LogP contribution in [0.15, 0.2) is 48.5 Å². The van der Waals surface area contributed by atoms with Crippen molar-refractivity contribution in [2.75, 3.05) is 26.4 Å². The molecule has 2 aromatic carbocycles. The van der Waals surface area contributed by atoms with E-state index in [1.807, 2.05) is 24.3 Å². The summed E-state index contributed by atoms with van der Waals surface area (Å²) in [6.45, 7) is 1.49. The highest BCUT2D eigenvalue weighted by Gasteiger charge is 2.43. The molecular formula is C27H30N2O6. The average Bonchev–Trinajstić information content (AvgIpc) is 3.58. The molecule has 0 bridgehead atoms. The molecule has 1 saturated carbocycles. The van der Waals surface area contributed by atoms with Crippen LogP contribution in [-0.4, -0.2) is 55.5 Å². The normalized spacial score (nSPS) is 24.7. The fourth-order valence-electron chi connectivity index (χ4n) is 5.31. The molecule has 0 aromatic heterocycles. The Kier molecular flexibility index (Phi) is 6.72. The predicted molar refractivity (Wildman–Crippen MR) is 128 cm³/mol. The first-order valence-electron chi connectivity index (χ1n) is 12.2. The van der Waals surface area contributed by atoms with Crippen molar-refractivity contribution < 1.29 is 29.0 Å². The number of carbonyl (C=O) groups is 3. The molecule has 8 nitrogen and oxygen atoms in total. The van der Waals surface area contributed by atoms with Gasteiger partial charge in [0.05, 0.1) is 12.5 Å². The van der Waals surface area contributed by atoms with Crippen molar-refractivity contribution >= 4 is 18.0 Å². The van der Waals surface area contributed by atoms with E-state index in [2.05, 4.69) is 34.9 Å². The summed E-state index contributed by atoms with van der Waals surface area (Å²) < 4.78 is 11.2. The molecule has 0 spiro atoms. The summed E-state index contributed by atoms with van der Waals surface area (Å²) in [5.74, 6) is -1.49. The number of alkyl carbamates (subject to hydrolysis) is 1. The number of fused-ring (bicyclic) bond motifs is 3. The van der Waals surface area contributed by atoms with Gasteiger partial charge >= 0.3 is 12.1 Å². The van der Waals surface area contributed by atoms with E-state index in [0.29, 0.717) is 32.6 Å². The number of hydrogen-bond donors (Lipinski definition) is 3. The lowest BCUT2D eigenvalue weighted by molar-refractivity contribution is -0.139. The summed E-state index contributed by atoms with van der Waals surface area (Å²) in [4.78, 5) is 36.1. The van der Waals surface area contributed by atoms with Crippen molar-refractivity contribution in [3.05, 3.63) is 59.7 Å². The van der Waals surface area contributed by atoms with E-state index in [4.69, 9.17) is 14.6 Å². The fraction of sp³-hybridized carbons (Fsp3) is 0.444. The van der Waals surface area contributed by atoms with Crippen LogP contribution in [0.25, 0.3) is 11.1 Å². The van der Waals surface area contributed by atoms with Gasteiger partial charge in [-0.3, -0.25) is 9.59 Å². The Hall–Kier alpha value is -3.39. The van der Waals surface area contributed by atoms with E-state index in [1.165, 1.54) is 11.1 Å². The third-order valence-corrected chi connectivity index (χ3v) is 7.37. The number of ether oxygens (including phenoxy) is 2. The summed E-state index contributed by atoms with van der Waals surface area (Å²) in [6.07, 6.45) is 0.921. The Morgan fingerprint density at radius 3 is 2.34 bits per heavy atom. The second-order valence-electron chi connectivity index (χ2n) is 9.65. The Morgan fingerprint density at radius 2 is 1.69 bits per heavy atom. The van der Waals surface area contributed by atoms with Gasteiger partial charge in [-0.15, -0.1) is 0 Å². The van der Waals surface area contributed by atoms with Gasteiger partial charge in [0.1, 0.15) is 6.61 Å². The molecule has 3 aliphatic rings. The molecule has 184 valence electrons. The molecule has 3 N–H and O–H groups in total. The lowest BCUT2D eigenvalue weighted by Gasteiger charge is -2.31. The van der Waals surface area contributed by atoms with Crippen LogP contribution in [-0.2, 0) is 19.1 Å². The molecule has 2 amide bonds. The Labute approximate surface area is 204 Å². The summed E-state index contributed by atoms with van der Waals surface area (Å²) in [7, 11) is 0. The van der Waals surface area contributed by atoms with Gasteiger partial charge in [0.15, 0.2) is 0 Å². The maximum atomic E-state index is 12.7. The van der Waals surface area contributed by atoms with Gasteiger partial charge < -0.3 is 25.2 Å². The second-order valence-corrected chi connectivity index (χ2v) is 9.65. The highest BCUT2D eigenvalue weighted by molar-refractivity contribution is 5.79. The first-order chi connectivity index (χ1) is 17.0. The van der Waals surface area contributed by atoms with Crippen LogP contribution < -0.4 is 10.6 Å². The SMILES string of the molecule is O=C(CC1COCCC1NC(=O)OCC1c2ccccc2-c2ccccc21)NCC1CC1C(=O)O. The topological polar surface area (TPSA) is 114 Å². The summed E-state index contributed by atoms with van der Waals surface area (Å²) in [6, 6.07) is 16.2. The molecule has 4 unspecified atom stereocenters. The number of carboxylic acid groups (broad SMARTS) is 1. The molecule has 2 aliphatic carbocycles. The van der Waals surface area contributed by atoms with Crippen LogP contribution >= 0.6 is 0 Å². The Bertz CT molecular complexity index is 1070. The van der Waals surface area contributed by atoms with Gasteiger partial charge in [-0.25, -0.2) is 4.79 Å². The number of nitrogens with one attached hydrogen (secondary N) is 2. The third-order valence-electron chi connectivity index (χ3n) is 7.37. The monoisotopic (exact) mass is 478 g/mol. The summed E-state index contributed by atoms with van der Waals surface area (Å²) in [5.41, 5.74) is 4.66. The Balaban J connectivity index is 1.13. The molecule has 5 rings (SSSR count). The van der Waals surface area contributed by atoms with Crippen LogP contribution in [0, 0.1) is 17.8 Å².